The van der Waals surface area contributed by atoms with Crippen molar-refractivity contribution in [1.29, 1.82) is 5.26 Å². The average molecular weight is 424 g/mol. The van der Waals surface area contributed by atoms with Crippen LogP contribution in [-0.4, -0.2) is 43.7 Å². The summed E-state index contributed by atoms with van der Waals surface area (Å²) >= 11 is 0. The van der Waals surface area contributed by atoms with Crippen molar-refractivity contribution in [2.45, 2.75) is 51.5 Å². The van der Waals surface area contributed by atoms with Crippen LogP contribution in [-0.2, 0) is 0 Å². The molecule has 0 aromatic heterocycles. The Morgan fingerprint density at radius 3 is 2.77 bits per heavy atom. The number of nitrogens with one attached hydrogen (secondary N) is 1. The lowest BCUT2D eigenvalue weighted by Gasteiger charge is -2.36. The molecule has 1 aliphatic heterocycles. The van der Waals surface area contributed by atoms with Gasteiger partial charge in [0.05, 0.1) is 18.2 Å². The Labute approximate surface area is 186 Å². The molecular formula is C26H34FN3O. The maximum absolute atomic E-state index is 13.0. The summed E-state index contributed by atoms with van der Waals surface area (Å²) in [5.74, 6) is 1.02. The molecule has 1 N–H and O–H groups in total. The van der Waals surface area contributed by atoms with Crippen molar-refractivity contribution in [3.8, 4) is 11.8 Å². The smallest absolute Gasteiger partial charge is 0.123 e. The van der Waals surface area contributed by atoms with Crippen molar-refractivity contribution in [2.75, 3.05) is 32.8 Å². The molecular weight excluding hydrogens is 389 g/mol. The van der Waals surface area contributed by atoms with Crippen LogP contribution in [0.4, 0.5) is 4.39 Å². The topological polar surface area (TPSA) is 48.3 Å². The van der Waals surface area contributed by atoms with Gasteiger partial charge >= 0.3 is 0 Å². The molecule has 1 fully saturated rings. The number of halogens is 1. The highest BCUT2D eigenvalue weighted by Crippen LogP contribution is 2.27. The molecule has 1 aliphatic rings. The van der Waals surface area contributed by atoms with Gasteiger partial charge in [0, 0.05) is 25.7 Å². The number of hydrogen-bond acceptors (Lipinski definition) is 4. The summed E-state index contributed by atoms with van der Waals surface area (Å²) in [5.41, 5.74) is 3.19. The predicted octanol–water partition coefficient (Wildman–Crippen LogP) is 5.02. The zero-order valence-corrected chi connectivity index (χ0v) is 18.7. The van der Waals surface area contributed by atoms with Gasteiger partial charge in [-0.3, -0.25) is 4.90 Å². The van der Waals surface area contributed by atoms with Crippen molar-refractivity contribution in [3.63, 3.8) is 0 Å². The molecule has 0 amide bonds. The third kappa shape index (κ3) is 6.78. The van der Waals surface area contributed by atoms with Crippen LogP contribution in [0.25, 0.3) is 0 Å². The van der Waals surface area contributed by atoms with E-state index in [0.717, 1.165) is 68.7 Å². The standard InChI is InChI=1S/C26H34FN3O/c1-3-21(22-6-7-23(18-28)20(2)17-22)5-4-14-30-15-13-29-19-25(30)12-16-31-26-10-8-24(27)9-11-26/h6-11,17,21,25,29H,3-5,12-16,19H2,1-2H3/t21-,25?/m0/s1. The number of rotatable bonds is 10. The van der Waals surface area contributed by atoms with E-state index in [2.05, 4.69) is 35.3 Å². The fraction of sp³-hybridized carbons (Fsp3) is 0.500. The molecule has 1 heterocycles. The van der Waals surface area contributed by atoms with Crippen LogP contribution in [0.3, 0.4) is 0 Å². The lowest BCUT2D eigenvalue weighted by molar-refractivity contribution is 0.132. The summed E-state index contributed by atoms with van der Waals surface area (Å²) in [6.45, 7) is 9.08. The molecule has 0 aliphatic carbocycles. The van der Waals surface area contributed by atoms with Crippen LogP contribution in [0.15, 0.2) is 42.5 Å². The molecule has 0 bridgehead atoms. The Bertz CT molecular complexity index is 862. The number of ether oxygens (including phenoxy) is 1. The zero-order chi connectivity index (χ0) is 22.1. The SMILES string of the molecule is CC[C@@H](CCCN1CCNCC1CCOc1ccc(F)cc1)c1ccc(C#N)c(C)c1. The molecule has 4 nitrogen and oxygen atoms in total. The second-order valence-corrected chi connectivity index (χ2v) is 8.42. The molecule has 0 saturated carbocycles. The maximum atomic E-state index is 13.0. The third-order valence-corrected chi connectivity index (χ3v) is 6.34. The number of aryl methyl sites for hydroxylation is 1. The minimum Gasteiger partial charge on any atom is -0.494 e. The van der Waals surface area contributed by atoms with E-state index < -0.39 is 0 Å². The highest BCUT2D eigenvalue weighted by Gasteiger charge is 2.22. The number of nitriles is 1. The van der Waals surface area contributed by atoms with Crippen LogP contribution >= 0.6 is 0 Å². The number of piperazine rings is 1. The number of hydrogen-bond donors (Lipinski definition) is 1. The van der Waals surface area contributed by atoms with Crippen LogP contribution in [0.2, 0.25) is 0 Å². The Morgan fingerprint density at radius 1 is 1.26 bits per heavy atom. The summed E-state index contributed by atoms with van der Waals surface area (Å²) in [5, 5.41) is 12.7. The van der Waals surface area contributed by atoms with Crippen molar-refractivity contribution in [1.82, 2.24) is 10.2 Å². The Balaban J connectivity index is 1.47. The first-order valence-electron chi connectivity index (χ1n) is 11.4. The van der Waals surface area contributed by atoms with Crippen molar-refractivity contribution < 1.29 is 9.13 Å². The van der Waals surface area contributed by atoms with Crippen LogP contribution < -0.4 is 10.1 Å². The number of benzene rings is 2. The molecule has 5 heteroatoms. The van der Waals surface area contributed by atoms with Crippen LogP contribution in [0.1, 0.15) is 55.2 Å². The molecule has 0 spiro atoms. The van der Waals surface area contributed by atoms with E-state index in [1.807, 2.05) is 13.0 Å². The fourth-order valence-corrected chi connectivity index (χ4v) is 4.44. The monoisotopic (exact) mass is 423 g/mol. The molecule has 31 heavy (non-hydrogen) atoms. The Hall–Kier alpha value is -2.42. The van der Waals surface area contributed by atoms with Gasteiger partial charge in [0.25, 0.3) is 0 Å². The Kier molecular flexibility index (Phi) is 8.87. The van der Waals surface area contributed by atoms with Gasteiger partial charge in [-0.15, -0.1) is 0 Å². The fourth-order valence-electron chi connectivity index (χ4n) is 4.44. The molecule has 1 saturated heterocycles. The van der Waals surface area contributed by atoms with Crippen molar-refractivity contribution in [3.05, 3.63) is 65.0 Å². The van der Waals surface area contributed by atoms with Gasteiger partial charge in [-0.1, -0.05) is 19.1 Å². The Morgan fingerprint density at radius 2 is 2.06 bits per heavy atom. The molecule has 166 valence electrons. The normalized spacial score (nSPS) is 17.8. The van der Waals surface area contributed by atoms with Crippen molar-refractivity contribution >= 4 is 0 Å². The van der Waals surface area contributed by atoms with E-state index >= 15 is 0 Å². The average Bonchev–Trinajstić information content (AvgIpc) is 2.79. The van der Waals surface area contributed by atoms with Gasteiger partial charge in [-0.25, -0.2) is 4.39 Å². The molecule has 0 radical (unpaired) electrons. The van der Waals surface area contributed by atoms with Gasteiger partial charge in [-0.2, -0.15) is 5.26 Å². The first kappa shape index (κ1) is 23.2. The second-order valence-electron chi connectivity index (χ2n) is 8.42. The molecule has 2 aromatic carbocycles. The van der Waals surface area contributed by atoms with Gasteiger partial charge in [0.15, 0.2) is 0 Å². The maximum Gasteiger partial charge on any atom is 0.123 e. The lowest BCUT2D eigenvalue weighted by atomic mass is 9.89. The van der Waals surface area contributed by atoms with Gasteiger partial charge < -0.3 is 10.1 Å². The van der Waals surface area contributed by atoms with Gasteiger partial charge in [0.2, 0.25) is 0 Å². The minimum absolute atomic E-state index is 0.239. The van der Waals surface area contributed by atoms with Crippen LogP contribution in [0, 0.1) is 24.1 Å². The van der Waals surface area contributed by atoms with E-state index in [-0.39, 0.29) is 5.82 Å². The van der Waals surface area contributed by atoms with E-state index in [4.69, 9.17) is 10.00 Å². The summed E-state index contributed by atoms with van der Waals surface area (Å²) in [6, 6.07) is 15.2. The van der Waals surface area contributed by atoms with Crippen molar-refractivity contribution in [2.24, 2.45) is 0 Å². The highest BCUT2D eigenvalue weighted by molar-refractivity contribution is 5.40. The first-order chi connectivity index (χ1) is 15.1. The summed E-state index contributed by atoms with van der Waals surface area (Å²) < 4.78 is 18.8. The predicted molar refractivity (Wildman–Crippen MR) is 123 cm³/mol. The van der Waals surface area contributed by atoms with Gasteiger partial charge in [-0.05, 0) is 86.5 Å². The summed E-state index contributed by atoms with van der Waals surface area (Å²) in [4.78, 5) is 2.58. The largest absolute Gasteiger partial charge is 0.494 e. The molecule has 2 atom stereocenters. The van der Waals surface area contributed by atoms with E-state index in [1.165, 1.54) is 17.7 Å². The van der Waals surface area contributed by atoms with Crippen LogP contribution in [0.5, 0.6) is 5.75 Å². The molecule has 3 rings (SSSR count). The molecule has 2 aromatic rings. The van der Waals surface area contributed by atoms with Gasteiger partial charge in [0.1, 0.15) is 11.6 Å². The number of nitrogens with zero attached hydrogens (tertiary/aromatic N) is 2. The van der Waals surface area contributed by atoms with E-state index in [0.29, 0.717) is 18.6 Å². The summed E-state index contributed by atoms with van der Waals surface area (Å²) in [7, 11) is 0. The molecule has 1 unspecified atom stereocenters. The zero-order valence-electron chi connectivity index (χ0n) is 18.7. The quantitative estimate of drug-likeness (QED) is 0.583. The third-order valence-electron chi connectivity index (χ3n) is 6.34. The second kappa shape index (κ2) is 11.8. The summed E-state index contributed by atoms with van der Waals surface area (Å²) in [6.07, 6.45) is 4.38. The minimum atomic E-state index is -0.239. The highest BCUT2D eigenvalue weighted by atomic mass is 19.1. The lowest BCUT2D eigenvalue weighted by Crippen LogP contribution is -2.51. The first-order valence-corrected chi connectivity index (χ1v) is 11.4. The van der Waals surface area contributed by atoms with E-state index in [9.17, 15) is 4.39 Å². The van der Waals surface area contributed by atoms with E-state index in [1.54, 1.807) is 12.1 Å².